The largest absolute Gasteiger partial charge is 0.454 e. The molecule has 0 aliphatic heterocycles. The van der Waals surface area contributed by atoms with Crippen LogP contribution in [0.4, 0.5) is 5.82 Å². The second-order valence-electron chi connectivity index (χ2n) is 8.41. The highest BCUT2D eigenvalue weighted by molar-refractivity contribution is 5.92. The summed E-state index contributed by atoms with van der Waals surface area (Å²) >= 11 is 0. The number of rotatable bonds is 6. The van der Waals surface area contributed by atoms with E-state index in [1.165, 1.54) is 19.3 Å². The van der Waals surface area contributed by atoms with Crippen molar-refractivity contribution in [1.82, 2.24) is 10.5 Å². The molecule has 0 saturated heterocycles. The number of amides is 2. The van der Waals surface area contributed by atoms with E-state index in [1.807, 2.05) is 0 Å². The number of ether oxygens (including phenoxy) is 1. The number of carbonyl (C=O) groups excluding carboxylic acids is 3. The van der Waals surface area contributed by atoms with E-state index in [4.69, 9.17) is 9.26 Å². The van der Waals surface area contributed by atoms with Crippen LogP contribution in [0.1, 0.15) is 44.3 Å². The molecule has 4 saturated carbocycles. The Kier molecular flexibility index (Phi) is 4.65. The van der Waals surface area contributed by atoms with Crippen LogP contribution < -0.4 is 10.6 Å². The minimum atomic E-state index is -0.625. The number of aryl methyl sites for hydroxylation is 1. The molecule has 4 aliphatic rings. The zero-order chi connectivity index (χ0) is 19.0. The quantitative estimate of drug-likeness (QED) is 0.734. The molecule has 4 aliphatic carbocycles. The molecule has 2 amide bonds. The predicted molar refractivity (Wildman–Crippen MR) is 94.4 cm³/mol. The summed E-state index contributed by atoms with van der Waals surface area (Å²) < 4.78 is 9.76. The van der Waals surface area contributed by atoms with E-state index in [9.17, 15) is 14.4 Å². The Morgan fingerprint density at radius 3 is 2.37 bits per heavy atom. The van der Waals surface area contributed by atoms with Crippen molar-refractivity contribution >= 4 is 23.6 Å². The van der Waals surface area contributed by atoms with Crippen LogP contribution in [-0.4, -0.2) is 36.1 Å². The molecule has 4 bridgehead atoms. The molecule has 0 unspecified atom stereocenters. The lowest BCUT2D eigenvalue weighted by atomic mass is 9.49. The summed E-state index contributed by atoms with van der Waals surface area (Å²) in [7, 11) is 0. The van der Waals surface area contributed by atoms with E-state index in [1.54, 1.807) is 13.0 Å². The van der Waals surface area contributed by atoms with Crippen LogP contribution >= 0.6 is 0 Å². The summed E-state index contributed by atoms with van der Waals surface area (Å²) in [5.74, 6) is 1.66. The SMILES string of the molecule is Cc1cc(NC(=O)COC(=O)CNC(=O)C23CC4CC(CC(C4)C2)C3)no1. The fraction of sp³-hybridized carbons (Fsp3) is 0.684. The van der Waals surface area contributed by atoms with E-state index in [2.05, 4.69) is 15.8 Å². The molecular weight excluding hydrogens is 350 g/mol. The number of nitrogens with zero attached hydrogens (tertiary/aromatic N) is 1. The number of hydrogen-bond acceptors (Lipinski definition) is 6. The first kappa shape index (κ1) is 18.0. The number of carbonyl (C=O) groups is 3. The molecule has 1 heterocycles. The Labute approximate surface area is 157 Å². The molecule has 0 spiro atoms. The van der Waals surface area contributed by atoms with Crippen molar-refractivity contribution in [2.45, 2.75) is 45.4 Å². The minimum absolute atomic E-state index is 0.0268. The number of hydrogen-bond donors (Lipinski definition) is 2. The lowest BCUT2D eigenvalue weighted by Gasteiger charge is -2.55. The van der Waals surface area contributed by atoms with E-state index in [0.29, 0.717) is 23.5 Å². The maximum absolute atomic E-state index is 12.8. The van der Waals surface area contributed by atoms with Gasteiger partial charge in [-0.05, 0) is 63.2 Å². The van der Waals surface area contributed by atoms with E-state index in [0.717, 1.165) is 19.3 Å². The van der Waals surface area contributed by atoms with Gasteiger partial charge in [-0.1, -0.05) is 5.16 Å². The highest BCUT2D eigenvalue weighted by Crippen LogP contribution is 2.60. The first-order valence-electron chi connectivity index (χ1n) is 9.59. The molecule has 8 nitrogen and oxygen atoms in total. The van der Waals surface area contributed by atoms with Crippen molar-refractivity contribution in [3.8, 4) is 0 Å². The molecular formula is C19H25N3O5. The average molecular weight is 375 g/mol. The Morgan fingerprint density at radius 1 is 1.19 bits per heavy atom. The first-order chi connectivity index (χ1) is 12.9. The zero-order valence-corrected chi connectivity index (χ0v) is 15.5. The highest BCUT2D eigenvalue weighted by Gasteiger charge is 2.54. The van der Waals surface area contributed by atoms with Crippen molar-refractivity contribution in [2.75, 3.05) is 18.5 Å². The third-order valence-electron chi connectivity index (χ3n) is 6.17. The Hall–Kier alpha value is -2.38. The molecule has 0 atom stereocenters. The van der Waals surface area contributed by atoms with Crippen LogP contribution in [0.15, 0.2) is 10.6 Å². The Bertz CT molecular complexity index is 721. The topological polar surface area (TPSA) is 111 Å². The maximum Gasteiger partial charge on any atom is 0.325 e. The predicted octanol–water partition coefficient (Wildman–Crippen LogP) is 1.80. The molecule has 1 aromatic heterocycles. The lowest BCUT2D eigenvalue weighted by Crippen LogP contribution is -2.54. The van der Waals surface area contributed by atoms with Crippen molar-refractivity contribution in [1.29, 1.82) is 0 Å². The normalized spacial score (nSPS) is 30.8. The Morgan fingerprint density at radius 2 is 1.81 bits per heavy atom. The average Bonchev–Trinajstić information content (AvgIpc) is 3.01. The molecule has 27 heavy (non-hydrogen) atoms. The van der Waals surface area contributed by atoms with Gasteiger partial charge < -0.3 is 19.9 Å². The summed E-state index contributed by atoms with van der Waals surface area (Å²) in [6, 6.07) is 1.56. The van der Waals surface area contributed by atoms with Gasteiger partial charge in [0.05, 0.1) is 0 Å². The van der Waals surface area contributed by atoms with Gasteiger partial charge in [0.25, 0.3) is 5.91 Å². The van der Waals surface area contributed by atoms with Crippen molar-refractivity contribution in [2.24, 2.45) is 23.2 Å². The van der Waals surface area contributed by atoms with E-state index >= 15 is 0 Å². The second kappa shape index (κ2) is 6.98. The fourth-order valence-corrected chi connectivity index (χ4v) is 5.53. The molecule has 0 aromatic carbocycles. The summed E-state index contributed by atoms with van der Waals surface area (Å²) in [6.45, 7) is 1.06. The Balaban J connectivity index is 1.21. The van der Waals surface area contributed by atoms with Crippen molar-refractivity contribution in [3.05, 3.63) is 11.8 Å². The third-order valence-corrected chi connectivity index (χ3v) is 6.17. The van der Waals surface area contributed by atoms with Gasteiger partial charge >= 0.3 is 5.97 Å². The van der Waals surface area contributed by atoms with Gasteiger partial charge in [-0.2, -0.15) is 0 Å². The summed E-state index contributed by atoms with van der Waals surface area (Å²) in [4.78, 5) is 36.4. The van der Waals surface area contributed by atoms with Crippen LogP contribution in [0.3, 0.4) is 0 Å². The van der Waals surface area contributed by atoms with Gasteiger partial charge in [0.15, 0.2) is 12.4 Å². The summed E-state index contributed by atoms with van der Waals surface area (Å²) in [6.07, 6.45) is 6.61. The molecule has 1 aromatic rings. The van der Waals surface area contributed by atoms with Crippen LogP contribution in [0.25, 0.3) is 0 Å². The van der Waals surface area contributed by atoms with Crippen LogP contribution in [0, 0.1) is 30.1 Å². The molecule has 5 rings (SSSR count). The van der Waals surface area contributed by atoms with Gasteiger partial charge in [-0.15, -0.1) is 0 Å². The monoisotopic (exact) mass is 375 g/mol. The van der Waals surface area contributed by atoms with Crippen LogP contribution in [-0.2, 0) is 19.1 Å². The van der Waals surface area contributed by atoms with Crippen molar-refractivity contribution < 1.29 is 23.6 Å². The zero-order valence-electron chi connectivity index (χ0n) is 15.5. The van der Waals surface area contributed by atoms with Gasteiger partial charge in [-0.3, -0.25) is 14.4 Å². The molecule has 4 fully saturated rings. The van der Waals surface area contributed by atoms with E-state index in [-0.39, 0.29) is 23.7 Å². The maximum atomic E-state index is 12.8. The minimum Gasteiger partial charge on any atom is -0.454 e. The number of aromatic nitrogens is 1. The number of anilines is 1. The second-order valence-corrected chi connectivity index (χ2v) is 8.41. The van der Waals surface area contributed by atoms with Gasteiger partial charge in [0.1, 0.15) is 12.3 Å². The van der Waals surface area contributed by atoms with Gasteiger partial charge in [-0.25, -0.2) is 0 Å². The molecule has 0 radical (unpaired) electrons. The van der Waals surface area contributed by atoms with Gasteiger partial charge in [0, 0.05) is 11.5 Å². The number of nitrogens with one attached hydrogen (secondary N) is 2. The van der Waals surface area contributed by atoms with Crippen LogP contribution in [0.5, 0.6) is 0 Å². The number of esters is 1. The molecule has 146 valence electrons. The van der Waals surface area contributed by atoms with Crippen molar-refractivity contribution in [3.63, 3.8) is 0 Å². The summed E-state index contributed by atoms with van der Waals surface area (Å²) in [5.41, 5.74) is -0.294. The molecule has 2 N–H and O–H groups in total. The highest BCUT2D eigenvalue weighted by atomic mass is 16.5. The molecule has 8 heteroatoms. The van der Waals surface area contributed by atoms with E-state index < -0.39 is 18.5 Å². The smallest absolute Gasteiger partial charge is 0.325 e. The summed E-state index contributed by atoms with van der Waals surface area (Å²) in [5, 5.41) is 8.84. The third kappa shape index (κ3) is 3.84. The fourth-order valence-electron chi connectivity index (χ4n) is 5.53. The first-order valence-corrected chi connectivity index (χ1v) is 9.59. The standard InChI is InChI=1S/C19H25N3O5/c1-11-2-15(22-27-11)21-16(23)10-26-17(24)9-20-18(25)19-6-12-3-13(7-19)5-14(4-12)8-19/h2,12-14H,3-10H2,1H3,(H,20,25)(H,21,22,23). The van der Waals surface area contributed by atoms with Gasteiger partial charge in [0.2, 0.25) is 5.91 Å². The lowest BCUT2D eigenvalue weighted by molar-refractivity contribution is -0.152. The van der Waals surface area contributed by atoms with Crippen LogP contribution in [0.2, 0.25) is 0 Å².